The maximum atomic E-state index is 13.8. The molecule has 11 heteroatoms. The monoisotopic (exact) mass is 551 g/mol. The predicted octanol–water partition coefficient (Wildman–Crippen LogP) is 3.91. The van der Waals surface area contributed by atoms with Crippen LogP contribution in [0.1, 0.15) is 67.1 Å². The second kappa shape index (κ2) is 9.69. The molecule has 0 heterocycles. The molecule has 0 saturated heterocycles. The molecule has 5 atom stereocenters. The Kier molecular flexibility index (Phi) is 7.12. The van der Waals surface area contributed by atoms with E-state index in [4.69, 9.17) is 5.73 Å². The van der Waals surface area contributed by atoms with Gasteiger partial charge in [-0.2, -0.15) is 13.2 Å². The number of allylic oxidation sites excluding steroid dienone is 2. The fourth-order valence-corrected chi connectivity index (χ4v) is 6.41. The molecule has 0 saturated carbocycles. The number of phenols is 1. The van der Waals surface area contributed by atoms with Crippen LogP contribution < -0.4 is 5.73 Å². The maximum absolute atomic E-state index is 13.8. The van der Waals surface area contributed by atoms with Gasteiger partial charge in [0, 0.05) is 24.3 Å². The predicted molar refractivity (Wildman–Crippen MR) is 133 cm³/mol. The van der Waals surface area contributed by atoms with Crippen LogP contribution in [0.3, 0.4) is 0 Å². The lowest BCUT2D eigenvalue weighted by Crippen LogP contribution is -2.57. The average Bonchev–Trinajstić information content (AvgIpc) is 2.81. The van der Waals surface area contributed by atoms with Crippen molar-refractivity contribution in [2.45, 2.75) is 71.1 Å². The zero-order chi connectivity index (χ0) is 29.2. The van der Waals surface area contributed by atoms with Crippen LogP contribution in [0.4, 0.5) is 13.2 Å². The molecule has 0 aromatic heterocycles. The molecule has 0 spiro atoms. The van der Waals surface area contributed by atoms with Gasteiger partial charge in [0.2, 0.25) is 5.78 Å². The van der Waals surface area contributed by atoms with E-state index in [0.29, 0.717) is 17.5 Å². The van der Waals surface area contributed by atoms with Crippen LogP contribution in [0, 0.1) is 23.7 Å². The number of aliphatic hydroxyl groups is 3. The van der Waals surface area contributed by atoms with E-state index in [0.717, 1.165) is 5.56 Å². The summed E-state index contributed by atoms with van der Waals surface area (Å²) in [4.78, 5) is 38.7. The third-order valence-corrected chi connectivity index (χ3v) is 8.68. The number of hydrogen-bond donors (Lipinski definition) is 5. The van der Waals surface area contributed by atoms with E-state index < -0.39 is 82.2 Å². The summed E-state index contributed by atoms with van der Waals surface area (Å²) in [5.74, 6) is -8.22. The lowest BCUT2D eigenvalue weighted by atomic mass is 9.60. The van der Waals surface area contributed by atoms with Crippen LogP contribution >= 0.6 is 0 Å². The zero-order valence-electron chi connectivity index (χ0n) is 21.9. The molecule has 1 amide bonds. The number of primary amides is 1. The molecule has 0 bridgehead atoms. The highest BCUT2D eigenvalue weighted by molar-refractivity contribution is 6.24. The average molecular weight is 552 g/mol. The molecule has 3 aliphatic rings. The Bertz CT molecular complexity index is 1330. The van der Waals surface area contributed by atoms with E-state index in [1.807, 2.05) is 6.92 Å². The number of carbonyl (C=O) groups excluding carboxylic acids is 3. The number of Topliss-reactive ketones (excluding diaryl/α,β-unsaturated/α-hetero) is 2. The molecule has 2 unspecified atom stereocenters. The van der Waals surface area contributed by atoms with E-state index in [9.17, 15) is 48.0 Å². The topological polar surface area (TPSA) is 158 Å². The van der Waals surface area contributed by atoms with Gasteiger partial charge in [-0.15, -0.1) is 0 Å². The van der Waals surface area contributed by atoms with Crippen molar-refractivity contribution < 1.29 is 48.0 Å². The first-order chi connectivity index (χ1) is 18.0. The number of fused-ring (bicyclic) bond motifs is 3. The molecule has 6 N–H and O–H groups in total. The van der Waals surface area contributed by atoms with Crippen molar-refractivity contribution in [3.05, 3.63) is 51.0 Å². The number of alkyl halides is 3. The van der Waals surface area contributed by atoms with Crippen molar-refractivity contribution in [3.63, 3.8) is 0 Å². The summed E-state index contributed by atoms with van der Waals surface area (Å²) in [5.41, 5.74) is 2.88. The molecule has 4 rings (SSSR count). The van der Waals surface area contributed by atoms with Gasteiger partial charge in [-0.3, -0.25) is 14.4 Å². The van der Waals surface area contributed by atoms with Crippen LogP contribution in [0.15, 0.2) is 28.7 Å². The van der Waals surface area contributed by atoms with E-state index >= 15 is 0 Å². The van der Waals surface area contributed by atoms with E-state index in [2.05, 4.69) is 0 Å². The standard InChI is InChI=1S/C28H32F3NO7/c1-4-13-6-15(5-11(2)12(3)10-27(29,30)31)22(34)20-17(13)8-14-7-16-9-18(33)21(26(32)38)25(37)28(16,39)24(36)19(14)23(20)35/h6,11-12,14,16,33-34,36,39H,4-5,7-10H2,1-3H3,(H2,32,38)/t11?,12?,14-,16+,28+/m1/s1. The van der Waals surface area contributed by atoms with Gasteiger partial charge in [0.05, 0.1) is 5.56 Å². The second-order valence-electron chi connectivity index (χ2n) is 11.1. The molecular weight excluding hydrogens is 519 g/mol. The Morgan fingerprint density at radius 2 is 1.77 bits per heavy atom. The van der Waals surface area contributed by atoms with Gasteiger partial charge in [-0.05, 0) is 60.1 Å². The number of ketones is 2. The molecule has 3 aliphatic carbocycles. The van der Waals surface area contributed by atoms with Crippen molar-refractivity contribution in [2.75, 3.05) is 0 Å². The molecule has 0 aliphatic heterocycles. The first-order valence-electron chi connectivity index (χ1n) is 12.9. The van der Waals surface area contributed by atoms with Gasteiger partial charge >= 0.3 is 6.18 Å². The number of benzene rings is 1. The Morgan fingerprint density at radius 3 is 2.33 bits per heavy atom. The Morgan fingerprint density at radius 1 is 1.13 bits per heavy atom. The third-order valence-electron chi connectivity index (χ3n) is 8.68. The molecule has 0 fully saturated rings. The second-order valence-corrected chi connectivity index (χ2v) is 11.1. The normalized spacial score (nSPS) is 26.6. The van der Waals surface area contributed by atoms with Crippen LogP contribution in [0.5, 0.6) is 5.75 Å². The summed E-state index contributed by atoms with van der Waals surface area (Å²) in [6, 6.07) is 1.70. The number of nitrogens with two attached hydrogens (primary N) is 1. The van der Waals surface area contributed by atoms with E-state index in [-0.39, 0.29) is 36.8 Å². The van der Waals surface area contributed by atoms with Crippen molar-refractivity contribution in [1.29, 1.82) is 0 Å². The minimum absolute atomic E-state index is 0.0283. The molecule has 0 radical (unpaired) electrons. The molecule has 1 aromatic carbocycles. The summed E-state index contributed by atoms with van der Waals surface area (Å²) in [5, 5.41) is 44.0. The largest absolute Gasteiger partial charge is 0.511 e. The number of amides is 1. The fourth-order valence-electron chi connectivity index (χ4n) is 6.41. The number of aryl methyl sites for hydroxylation is 1. The van der Waals surface area contributed by atoms with Crippen molar-refractivity contribution in [2.24, 2.45) is 29.4 Å². The summed E-state index contributed by atoms with van der Waals surface area (Å²) in [6.07, 6.45) is -4.90. The molecule has 212 valence electrons. The Labute approximate surface area is 223 Å². The fraction of sp³-hybridized carbons (Fsp3) is 0.536. The molecular formula is C28H32F3NO7. The first kappa shape index (κ1) is 28.7. The lowest BCUT2D eigenvalue weighted by molar-refractivity contribution is -0.146. The molecule has 1 aromatic rings. The van der Waals surface area contributed by atoms with Gasteiger partial charge in [0.15, 0.2) is 11.4 Å². The molecule has 39 heavy (non-hydrogen) atoms. The highest BCUT2D eigenvalue weighted by Crippen LogP contribution is 2.52. The highest BCUT2D eigenvalue weighted by Gasteiger charge is 2.59. The van der Waals surface area contributed by atoms with Crippen molar-refractivity contribution >= 4 is 17.5 Å². The van der Waals surface area contributed by atoms with Crippen LogP contribution in [0.2, 0.25) is 0 Å². The minimum Gasteiger partial charge on any atom is -0.511 e. The lowest BCUT2D eigenvalue weighted by Gasteiger charge is -2.45. The highest BCUT2D eigenvalue weighted by atomic mass is 19.4. The van der Waals surface area contributed by atoms with Crippen LogP contribution in [-0.4, -0.2) is 49.7 Å². The smallest absolute Gasteiger partial charge is 0.389 e. The van der Waals surface area contributed by atoms with E-state index in [1.54, 1.807) is 13.0 Å². The maximum Gasteiger partial charge on any atom is 0.389 e. The number of aromatic hydroxyl groups is 1. The third kappa shape index (κ3) is 4.60. The van der Waals surface area contributed by atoms with Crippen LogP contribution in [-0.2, 0) is 28.9 Å². The Hall–Kier alpha value is -3.34. The van der Waals surface area contributed by atoms with E-state index in [1.165, 1.54) is 6.92 Å². The number of halogens is 3. The van der Waals surface area contributed by atoms with Crippen molar-refractivity contribution in [3.8, 4) is 5.75 Å². The summed E-state index contributed by atoms with van der Waals surface area (Å²) in [7, 11) is 0. The molecule has 8 nitrogen and oxygen atoms in total. The van der Waals surface area contributed by atoms with Gasteiger partial charge in [-0.1, -0.05) is 26.8 Å². The van der Waals surface area contributed by atoms with Gasteiger partial charge < -0.3 is 26.2 Å². The van der Waals surface area contributed by atoms with Gasteiger partial charge in [0.1, 0.15) is 22.8 Å². The van der Waals surface area contributed by atoms with Gasteiger partial charge in [-0.25, -0.2) is 0 Å². The summed E-state index contributed by atoms with van der Waals surface area (Å²) in [6.45, 7) is 4.95. The van der Waals surface area contributed by atoms with Crippen molar-refractivity contribution in [1.82, 2.24) is 0 Å². The van der Waals surface area contributed by atoms with Gasteiger partial charge in [0.25, 0.3) is 5.91 Å². The zero-order valence-corrected chi connectivity index (χ0v) is 21.9. The first-order valence-corrected chi connectivity index (χ1v) is 12.9. The summed E-state index contributed by atoms with van der Waals surface area (Å²) < 4.78 is 38.8. The number of aliphatic hydroxyl groups excluding tert-OH is 2. The Balaban J connectivity index is 1.80. The quantitative estimate of drug-likeness (QED) is 0.335. The number of carbonyl (C=O) groups is 3. The van der Waals surface area contributed by atoms with Crippen LogP contribution in [0.25, 0.3) is 0 Å². The minimum atomic E-state index is -4.34. The SMILES string of the molecule is CCc1cc(CC(C)C(C)CC(F)(F)F)c(O)c2c1C[C@H]1C[C@H]3CC(O)=C(C(N)=O)C(=O)[C@@]3(O)C(O)=C1C2=O. The summed E-state index contributed by atoms with van der Waals surface area (Å²) >= 11 is 0. The number of rotatable bonds is 6. The number of hydrogen-bond acceptors (Lipinski definition) is 7. The number of phenolic OH excluding ortho intramolecular Hbond substituents is 1.